The van der Waals surface area contributed by atoms with Gasteiger partial charge in [-0.3, -0.25) is 9.69 Å². The van der Waals surface area contributed by atoms with Crippen molar-refractivity contribution in [3.05, 3.63) is 0 Å². The summed E-state index contributed by atoms with van der Waals surface area (Å²) in [5.74, 6) is -1.62. The maximum Gasteiger partial charge on any atom is 0.457 e. The molecule has 0 aliphatic carbocycles. The Morgan fingerprint density at radius 3 is 2.24 bits per heavy atom. The zero-order valence-corrected chi connectivity index (χ0v) is 27.0. The third kappa shape index (κ3) is 9.49. The Labute approximate surface area is 251 Å². The number of rotatable bonds is 12. The van der Waals surface area contributed by atoms with Crippen LogP contribution in [0.3, 0.4) is 0 Å². The van der Waals surface area contributed by atoms with Crippen molar-refractivity contribution in [3.8, 4) is 0 Å². The van der Waals surface area contributed by atoms with Crippen molar-refractivity contribution in [1.82, 2.24) is 15.5 Å². The van der Waals surface area contributed by atoms with Crippen LogP contribution in [0.15, 0.2) is 0 Å². The maximum absolute atomic E-state index is 13.1. The lowest BCUT2D eigenvalue weighted by molar-refractivity contribution is -0.155. The highest BCUT2D eigenvalue weighted by Gasteiger charge is 2.53. The van der Waals surface area contributed by atoms with Gasteiger partial charge in [0.1, 0.15) is 17.2 Å². The molecule has 0 bridgehead atoms. The topological polar surface area (TPSA) is 153 Å². The first-order valence-corrected chi connectivity index (χ1v) is 15.2. The molecule has 3 N–H and O–H groups in total. The number of amides is 3. The van der Waals surface area contributed by atoms with E-state index in [-0.39, 0.29) is 26.0 Å². The lowest BCUT2D eigenvalue weighted by Crippen LogP contribution is -2.64. The molecule has 240 valence electrons. The molecule has 42 heavy (non-hydrogen) atoms. The number of alkyl carbamates (subject to hydrolysis) is 1. The van der Waals surface area contributed by atoms with Crippen LogP contribution >= 0.6 is 0 Å². The molecule has 0 aromatic heterocycles. The van der Waals surface area contributed by atoms with Crippen molar-refractivity contribution in [2.75, 3.05) is 13.2 Å². The van der Waals surface area contributed by atoms with E-state index in [1.807, 2.05) is 34.6 Å². The number of ether oxygens (including phenoxy) is 2. The van der Waals surface area contributed by atoms with Crippen LogP contribution in [0.2, 0.25) is 6.32 Å². The summed E-state index contributed by atoms with van der Waals surface area (Å²) < 4.78 is 22.8. The third-order valence-electron chi connectivity index (χ3n) is 8.20. The largest absolute Gasteiger partial charge is 0.479 e. The molecular weight excluding hydrogens is 545 g/mol. The molecule has 2 saturated heterocycles. The van der Waals surface area contributed by atoms with Gasteiger partial charge in [0.15, 0.2) is 0 Å². The fourth-order valence-corrected chi connectivity index (χ4v) is 5.12. The molecule has 2 unspecified atom stereocenters. The first-order chi connectivity index (χ1) is 19.3. The summed E-state index contributed by atoms with van der Waals surface area (Å²) in [7, 11) is -0.400. The number of carbonyl (C=O) groups excluding carboxylic acids is 3. The number of hydrogen-bond donors (Lipinski definition) is 3. The molecule has 3 atom stereocenters. The van der Waals surface area contributed by atoms with Crippen LogP contribution in [-0.2, 0) is 28.4 Å². The number of likely N-dealkylation sites (tertiary alicyclic amines) is 1. The van der Waals surface area contributed by atoms with Gasteiger partial charge in [-0.25, -0.2) is 14.4 Å². The zero-order valence-electron chi connectivity index (χ0n) is 27.0. The summed E-state index contributed by atoms with van der Waals surface area (Å²) in [6.07, 6.45) is 2.33. The number of carbonyl (C=O) groups is 4. The summed E-state index contributed by atoms with van der Waals surface area (Å²) in [5.41, 5.74) is -3.20. The fraction of sp³-hybridized carbons (Fsp3) is 0.862. The Morgan fingerprint density at radius 2 is 1.69 bits per heavy atom. The van der Waals surface area contributed by atoms with Crippen LogP contribution in [0.4, 0.5) is 9.59 Å². The van der Waals surface area contributed by atoms with Crippen LogP contribution < -0.4 is 10.6 Å². The molecule has 2 rings (SSSR count). The van der Waals surface area contributed by atoms with Crippen LogP contribution in [0.25, 0.3) is 0 Å². The summed E-state index contributed by atoms with van der Waals surface area (Å²) in [6.45, 7) is 16.9. The van der Waals surface area contributed by atoms with Crippen molar-refractivity contribution in [2.24, 2.45) is 0 Å². The highest BCUT2D eigenvalue weighted by atomic mass is 16.7. The second-order valence-corrected chi connectivity index (χ2v) is 13.5. The number of nitrogens with zero attached hydrogens (tertiary/aromatic N) is 1. The van der Waals surface area contributed by atoms with E-state index >= 15 is 0 Å². The smallest absolute Gasteiger partial charge is 0.457 e. The third-order valence-corrected chi connectivity index (χ3v) is 8.20. The molecule has 13 heteroatoms. The number of nitrogens with one attached hydrogen (secondary N) is 2. The minimum absolute atomic E-state index is 0.00655. The van der Waals surface area contributed by atoms with Gasteiger partial charge < -0.3 is 34.5 Å². The van der Waals surface area contributed by atoms with Crippen molar-refractivity contribution in [1.29, 1.82) is 0 Å². The van der Waals surface area contributed by atoms with Gasteiger partial charge in [-0.05, 0) is 81.0 Å². The summed E-state index contributed by atoms with van der Waals surface area (Å²) in [5, 5.41) is 15.9. The Hall–Kier alpha value is -2.54. The molecule has 2 aliphatic rings. The lowest BCUT2D eigenvalue weighted by atomic mass is 9.77. The Bertz CT molecular complexity index is 952. The lowest BCUT2D eigenvalue weighted by Gasteiger charge is -2.46. The zero-order chi connectivity index (χ0) is 31.9. The van der Waals surface area contributed by atoms with Gasteiger partial charge in [0.2, 0.25) is 5.91 Å². The number of piperidine rings is 1. The minimum atomic E-state index is -1.57. The van der Waals surface area contributed by atoms with Gasteiger partial charge in [0.05, 0.1) is 17.8 Å². The van der Waals surface area contributed by atoms with Gasteiger partial charge in [0, 0.05) is 19.0 Å². The van der Waals surface area contributed by atoms with Crippen LogP contribution in [0, 0.1) is 0 Å². The molecule has 0 aromatic rings. The van der Waals surface area contributed by atoms with E-state index in [1.165, 1.54) is 11.8 Å². The Kier molecular flexibility index (Phi) is 12.1. The van der Waals surface area contributed by atoms with Gasteiger partial charge in [-0.1, -0.05) is 26.2 Å². The number of aliphatic carboxylic acids is 1. The fourth-order valence-electron chi connectivity index (χ4n) is 5.12. The van der Waals surface area contributed by atoms with E-state index in [2.05, 4.69) is 10.6 Å². The van der Waals surface area contributed by atoms with Crippen LogP contribution in [-0.4, -0.2) is 88.8 Å². The number of carboxylic acids is 1. The van der Waals surface area contributed by atoms with E-state index in [9.17, 15) is 24.3 Å². The van der Waals surface area contributed by atoms with Gasteiger partial charge in [0.25, 0.3) is 0 Å². The average molecular weight is 598 g/mol. The summed E-state index contributed by atoms with van der Waals surface area (Å²) >= 11 is 0. The van der Waals surface area contributed by atoms with Gasteiger partial charge in [-0.15, -0.1) is 0 Å². The van der Waals surface area contributed by atoms with Crippen LogP contribution in [0.5, 0.6) is 0 Å². The molecule has 2 aliphatic heterocycles. The van der Waals surface area contributed by atoms with E-state index < -0.39 is 65.6 Å². The van der Waals surface area contributed by atoms with Crippen molar-refractivity contribution in [2.45, 2.75) is 148 Å². The second-order valence-electron chi connectivity index (χ2n) is 13.5. The van der Waals surface area contributed by atoms with E-state index in [1.54, 1.807) is 20.8 Å². The van der Waals surface area contributed by atoms with Gasteiger partial charge in [-0.2, -0.15) is 0 Å². The average Bonchev–Trinajstić information content (AvgIpc) is 3.06. The second kappa shape index (κ2) is 14.3. The molecule has 3 amide bonds. The quantitative estimate of drug-likeness (QED) is 0.218. The van der Waals surface area contributed by atoms with E-state index in [4.69, 9.17) is 18.8 Å². The molecule has 12 nitrogen and oxygen atoms in total. The summed E-state index contributed by atoms with van der Waals surface area (Å²) in [4.78, 5) is 52.4. The van der Waals surface area contributed by atoms with E-state index in [0.29, 0.717) is 32.0 Å². The summed E-state index contributed by atoms with van der Waals surface area (Å²) in [6, 6.07) is -1.43. The van der Waals surface area contributed by atoms with Crippen molar-refractivity contribution in [3.63, 3.8) is 0 Å². The predicted molar refractivity (Wildman–Crippen MR) is 158 cm³/mol. The highest BCUT2D eigenvalue weighted by molar-refractivity contribution is 6.45. The van der Waals surface area contributed by atoms with Gasteiger partial charge >= 0.3 is 25.3 Å². The normalized spacial score (nSPS) is 24.1. The van der Waals surface area contributed by atoms with Crippen molar-refractivity contribution >= 4 is 31.2 Å². The highest BCUT2D eigenvalue weighted by Crippen LogP contribution is 2.39. The monoisotopic (exact) mass is 597 g/mol. The SMILES string of the molecule is CCCCOC(=O)N1CCC(NC(=O)[C@H](C)NC(=O)OC(C)(C)C)CC1(CCCCB1OC(C)(C)C(C)(C)O1)C(=O)O. The number of hydrogen-bond acceptors (Lipinski definition) is 8. The molecule has 2 heterocycles. The molecule has 0 spiro atoms. The maximum atomic E-state index is 13.1. The molecule has 0 radical (unpaired) electrons. The first kappa shape index (κ1) is 35.7. The number of carboxylic acid groups (broad SMARTS) is 1. The Morgan fingerprint density at radius 1 is 1.07 bits per heavy atom. The molecule has 2 fully saturated rings. The van der Waals surface area contributed by atoms with Crippen LogP contribution in [0.1, 0.15) is 107 Å². The number of unbranched alkanes of at least 4 members (excludes halogenated alkanes) is 2. The van der Waals surface area contributed by atoms with Crippen molar-refractivity contribution < 1.29 is 43.1 Å². The Balaban J connectivity index is 2.12. The molecule has 0 saturated carbocycles. The molecular formula is C29H52BN3O9. The first-order valence-electron chi connectivity index (χ1n) is 15.2. The van der Waals surface area contributed by atoms with E-state index in [0.717, 1.165) is 6.42 Å². The standard InChI is InChI=1S/C29H52BN3O9/c1-10-11-18-39-25(38)33-17-14-21(32-22(34)20(2)31-24(37)40-26(3,4)5)19-29(33,23(35)36)15-12-13-16-30-41-27(6,7)28(8,9)42-30/h20-21H,10-19H2,1-9H3,(H,31,37)(H,32,34)(H,35,36)/t20-,21?,29?/m0/s1. The molecule has 0 aromatic carbocycles. The predicted octanol–water partition coefficient (Wildman–Crippen LogP) is 4.50. The minimum Gasteiger partial charge on any atom is -0.479 e.